The first-order chi connectivity index (χ1) is 18.4. The second kappa shape index (κ2) is 13.4. The molecule has 0 atom stereocenters. The molecule has 0 aliphatic carbocycles. The number of carbonyl (C=O) groups is 1. The lowest BCUT2D eigenvalue weighted by molar-refractivity contribution is -0.117. The molecule has 0 radical (unpaired) electrons. The summed E-state index contributed by atoms with van der Waals surface area (Å²) in [4.78, 5) is 15.1. The zero-order chi connectivity index (χ0) is 26.8. The van der Waals surface area contributed by atoms with Crippen molar-refractivity contribution >= 4 is 5.78 Å². The number of rotatable bonds is 11. The highest BCUT2D eigenvalue weighted by Crippen LogP contribution is 2.23. The van der Waals surface area contributed by atoms with Crippen LogP contribution in [0.4, 0.5) is 0 Å². The maximum Gasteiger partial charge on any atom is 0.144 e. The Labute approximate surface area is 226 Å². The summed E-state index contributed by atoms with van der Waals surface area (Å²) in [5.41, 5.74) is 2.82. The molecule has 0 unspecified atom stereocenters. The Morgan fingerprint density at radius 3 is 2.32 bits per heavy atom. The van der Waals surface area contributed by atoms with Gasteiger partial charge in [-0.05, 0) is 74.3 Å². The second-order valence-corrected chi connectivity index (χ2v) is 10.7. The average molecular weight is 515 g/mol. The number of ether oxygens (including phenoxy) is 1. The van der Waals surface area contributed by atoms with Crippen LogP contribution in [0.5, 0.6) is 5.75 Å². The van der Waals surface area contributed by atoms with Gasteiger partial charge in [0.25, 0.3) is 0 Å². The van der Waals surface area contributed by atoms with Gasteiger partial charge in [-0.2, -0.15) is 0 Å². The van der Waals surface area contributed by atoms with Crippen LogP contribution in [0.1, 0.15) is 67.7 Å². The molecule has 3 aromatic rings. The first kappa shape index (κ1) is 27.6. The van der Waals surface area contributed by atoms with Gasteiger partial charge >= 0.3 is 0 Å². The standard InChI is InChI=1S/C32H38N2O4/c1-32(2,24-35)31-23-28(33-38-31)22-29(36)21-27-11-9-25(10-12-27)7-8-26-13-15-30(16-14-26)37-20-6-19-34-17-4-3-5-18-34/h9-16,23,35H,3-6,17-22,24H2,1-2H3. The molecular formula is C32H38N2O4. The van der Waals surface area contributed by atoms with E-state index < -0.39 is 5.41 Å². The summed E-state index contributed by atoms with van der Waals surface area (Å²) in [5.74, 6) is 7.89. The quantitative estimate of drug-likeness (QED) is 0.288. The average Bonchev–Trinajstić information content (AvgIpc) is 3.41. The predicted molar refractivity (Wildman–Crippen MR) is 148 cm³/mol. The van der Waals surface area contributed by atoms with E-state index in [0.29, 0.717) is 17.9 Å². The minimum atomic E-state index is -0.520. The molecule has 0 amide bonds. The van der Waals surface area contributed by atoms with E-state index in [1.165, 1.54) is 32.4 Å². The molecule has 1 aromatic heterocycles. The van der Waals surface area contributed by atoms with Crippen LogP contribution < -0.4 is 4.74 Å². The fraction of sp³-hybridized carbons (Fsp3) is 0.438. The minimum absolute atomic E-state index is 0.0520. The summed E-state index contributed by atoms with van der Waals surface area (Å²) in [6.07, 6.45) is 5.58. The molecule has 0 bridgehead atoms. The minimum Gasteiger partial charge on any atom is -0.494 e. The van der Waals surface area contributed by atoms with E-state index >= 15 is 0 Å². The van der Waals surface area contributed by atoms with Crippen molar-refractivity contribution in [1.29, 1.82) is 0 Å². The van der Waals surface area contributed by atoms with E-state index in [0.717, 1.165) is 42.0 Å². The molecule has 1 fully saturated rings. The summed E-state index contributed by atoms with van der Waals surface area (Å²) in [5, 5.41) is 13.5. The lowest BCUT2D eigenvalue weighted by atomic mass is 9.91. The molecule has 1 aliphatic heterocycles. The topological polar surface area (TPSA) is 75.8 Å². The number of nitrogens with zero attached hydrogens (tertiary/aromatic N) is 2. The third-order valence-electron chi connectivity index (χ3n) is 6.90. The van der Waals surface area contributed by atoms with E-state index in [-0.39, 0.29) is 18.8 Å². The van der Waals surface area contributed by atoms with Crippen molar-refractivity contribution in [2.45, 2.75) is 57.8 Å². The van der Waals surface area contributed by atoms with Crippen molar-refractivity contribution in [2.24, 2.45) is 0 Å². The number of ketones is 1. The van der Waals surface area contributed by atoms with E-state index in [4.69, 9.17) is 9.26 Å². The molecule has 38 heavy (non-hydrogen) atoms. The van der Waals surface area contributed by atoms with Crippen LogP contribution in [0, 0.1) is 11.8 Å². The van der Waals surface area contributed by atoms with Gasteiger partial charge in [-0.3, -0.25) is 4.79 Å². The number of aliphatic hydroxyl groups is 1. The van der Waals surface area contributed by atoms with Crippen LogP contribution in [0.2, 0.25) is 0 Å². The van der Waals surface area contributed by atoms with Crippen molar-refractivity contribution in [3.05, 3.63) is 82.7 Å². The molecule has 1 N–H and O–H groups in total. The molecule has 200 valence electrons. The summed E-state index contributed by atoms with van der Waals surface area (Å²) in [6, 6.07) is 17.4. The van der Waals surface area contributed by atoms with Gasteiger partial charge in [0.1, 0.15) is 17.3 Å². The maximum atomic E-state index is 12.5. The van der Waals surface area contributed by atoms with Crippen LogP contribution in [0.15, 0.2) is 59.1 Å². The number of piperidine rings is 1. The number of hydrogen-bond acceptors (Lipinski definition) is 6. The third kappa shape index (κ3) is 8.31. The van der Waals surface area contributed by atoms with Crippen molar-refractivity contribution in [3.8, 4) is 17.6 Å². The van der Waals surface area contributed by atoms with Crippen LogP contribution in [0.25, 0.3) is 0 Å². The van der Waals surface area contributed by atoms with E-state index in [9.17, 15) is 9.90 Å². The zero-order valence-corrected chi connectivity index (χ0v) is 22.5. The highest BCUT2D eigenvalue weighted by Gasteiger charge is 2.25. The normalized spacial score (nSPS) is 14.1. The predicted octanol–water partition coefficient (Wildman–Crippen LogP) is 4.95. The number of likely N-dealkylation sites (tertiary alicyclic amines) is 1. The molecule has 4 rings (SSSR count). The van der Waals surface area contributed by atoms with Gasteiger partial charge in [-0.1, -0.05) is 49.4 Å². The van der Waals surface area contributed by atoms with Gasteiger partial charge < -0.3 is 19.3 Å². The molecule has 1 aliphatic rings. The molecule has 6 nitrogen and oxygen atoms in total. The van der Waals surface area contributed by atoms with Gasteiger partial charge in [0, 0.05) is 35.6 Å². The molecular weight excluding hydrogens is 476 g/mol. The Morgan fingerprint density at radius 1 is 1.00 bits per heavy atom. The monoisotopic (exact) mass is 514 g/mol. The van der Waals surface area contributed by atoms with Gasteiger partial charge in [0.05, 0.1) is 25.3 Å². The molecule has 2 heterocycles. The first-order valence-electron chi connectivity index (χ1n) is 13.6. The zero-order valence-electron chi connectivity index (χ0n) is 22.5. The summed E-state index contributed by atoms with van der Waals surface area (Å²) < 4.78 is 11.2. The van der Waals surface area contributed by atoms with Crippen LogP contribution in [-0.2, 0) is 23.1 Å². The Bertz CT molecular complexity index is 1230. The second-order valence-electron chi connectivity index (χ2n) is 10.7. The maximum absolute atomic E-state index is 12.5. The first-order valence-corrected chi connectivity index (χ1v) is 13.6. The Balaban J connectivity index is 1.21. The molecule has 1 saturated heterocycles. The molecule has 2 aromatic carbocycles. The number of benzene rings is 2. The van der Waals surface area contributed by atoms with Crippen molar-refractivity contribution in [3.63, 3.8) is 0 Å². The van der Waals surface area contributed by atoms with Gasteiger partial charge in [0.2, 0.25) is 0 Å². The number of hydrogen-bond donors (Lipinski definition) is 1. The van der Waals surface area contributed by atoms with Gasteiger partial charge in [-0.15, -0.1) is 0 Å². The largest absolute Gasteiger partial charge is 0.494 e. The SMILES string of the molecule is CC(C)(CO)c1cc(CC(=O)Cc2ccc(C#Cc3ccc(OCCCN4CCCCC4)cc3)cc2)no1. The third-order valence-corrected chi connectivity index (χ3v) is 6.90. The van der Waals surface area contributed by atoms with Crippen molar-refractivity contribution < 1.29 is 19.2 Å². The Hall–Kier alpha value is -3.40. The summed E-state index contributed by atoms with van der Waals surface area (Å²) >= 11 is 0. The van der Waals surface area contributed by atoms with Crippen molar-refractivity contribution in [2.75, 3.05) is 32.8 Å². The van der Waals surface area contributed by atoms with Crippen molar-refractivity contribution in [1.82, 2.24) is 10.1 Å². The van der Waals surface area contributed by atoms with Crippen LogP contribution >= 0.6 is 0 Å². The molecule has 0 spiro atoms. The summed E-state index contributed by atoms with van der Waals surface area (Å²) in [7, 11) is 0. The van der Waals surface area contributed by atoms with Gasteiger partial charge in [-0.25, -0.2) is 0 Å². The fourth-order valence-corrected chi connectivity index (χ4v) is 4.43. The number of aliphatic hydroxyl groups excluding tert-OH is 1. The van der Waals surface area contributed by atoms with Gasteiger partial charge in [0.15, 0.2) is 0 Å². The smallest absolute Gasteiger partial charge is 0.144 e. The summed E-state index contributed by atoms with van der Waals surface area (Å²) in [6.45, 7) is 7.98. The van der Waals surface area contributed by atoms with Crippen LogP contribution in [-0.4, -0.2) is 53.8 Å². The number of carbonyl (C=O) groups excluding carboxylic acids is 1. The molecule has 0 saturated carbocycles. The van der Waals surface area contributed by atoms with Crippen LogP contribution in [0.3, 0.4) is 0 Å². The fourth-order valence-electron chi connectivity index (χ4n) is 4.43. The van der Waals surface area contributed by atoms with E-state index in [1.807, 2.05) is 62.4 Å². The number of aromatic nitrogens is 1. The highest BCUT2D eigenvalue weighted by atomic mass is 16.5. The highest BCUT2D eigenvalue weighted by molar-refractivity contribution is 5.82. The molecule has 6 heteroatoms. The lowest BCUT2D eigenvalue weighted by Gasteiger charge is -2.26. The Morgan fingerprint density at radius 2 is 1.66 bits per heavy atom. The number of Topliss-reactive ketones (excluding diaryl/α,β-unsaturated/α-hetero) is 1. The Kier molecular flexibility index (Phi) is 9.75. The van der Waals surface area contributed by atoms with E-state index in [2.05, 4.69) is 21.9 Å². The van der Waals surface area contributed by atoms with E-state index in [1.54, 1.807) is 6.07 Å². The lowest BCUT2D eigenvalue weighted by Crippen LogP contribution is -2.31.